The molecule has 1 aliphatic rings. The molecular formula is C12H18BrN3O2. The number of rotatable bonds is 6. The van der Waals surface area contributed by atoms with Crippen LogP contribution in [0.4, 0.5) is 0 Å². The maximum atomic E-state index is 11.1. The van der Waals surface area contributed by atoms with Crippen molar-refractivity contribution in [1.29, 1.82) is 0 Å². The van der Waals surface area contributed by atoms with Gasteiger partial charge < -0.3 is 5.11 Å². The summed E-state index contributed by atoms with van der Waals surface area (Å²) in [6.45, 7) is 2.58. The van der Waals surface area contributed by atoms with Gasteiger partial charge in [0, 0.05) is 13.6 Å². The fraction of sp³-hybridized carbons (Fsp3) is 0.667. The Labute approximate surface area is 115 Å². The third-order valence-electron chi connectivity index (χ3n) is 3.35. The van der Waals surface area contributed by atoms with E-state index in [9.17, 15) is 4.79 Å². The molecule has 1 aliphatic carbocycles. The molecular weight excluding hydrogens is 298 g/mol. The van der Waals surface area contributed by atoms with E-state index in [1.54, 1.807) is 0 Å². The van der Waals surface area contributed by atoms with E-state index < -0.39 is 12.0 Å². The summed E-state index contributed by atoms with van der Waals surface area (Å²) in [6, 6.07) is -0.433. The lowest BCUT2D eigenvalue weighted by atomic mass is 10.2. The van der Waals surface area contributed by atoms with Gasteiger partial charge in [0.1, 0.15) is 6.04 Å². The molecule has 100 valence electrons. The lowest BCUT2D eigenvalue weighted by Gasteiger charge is -2.13. The Balaban J connectivity index is 2.05. The Bertz CT molecular complexity index is 454. The summed E-state index contributed by atoms with van der Waals surface area (Å²) < 4.78 is 2.79. The van der Waals surface area contributed by atoms with E-state index in [0.717, 1.165) is 35.1 Å². The smallest absolute Gasteiger partial charge is 0.320 e. The van der Waals surface area contributed by atoms with Crippen LogP contribution in [0.25, 0.3) is 0 Å². The average molecular weight is 316 g/mol. The van der Waals surface area contributed by atoms with Crippen LogP contribution in [0.1, 0.15) is 31.2 Å². The van der Waals surface area contributed by atoms with Crippen LogP contribution in [-0.4, -0.2) is 26.9 Å². The lowest BCUT2D eigenvalue weighted by molar-refractivity contribution is -0.140. The number of aryl methyl sites for hydroxylation is 2. The van der Waals surface area contributed by atoms with Crippen LogP contribution in [0.2, 0.25) is 0 Å². The Morgan fingerprint density at radius 2 is 2.33 bits per heavy atom. The van der Waals surface area contributed by atoms with Crippen LogP contribution in [-0.2, 0) is 24.8 Å². The van der Waals surface area contributed by atoms with Gasteiger partial charge in [0.25, 0.3) is 0 Å². The summed E-state index contributed by atoms with van der Waals surface area (Å²) in [5.74, 6) is -0.466. The molecule has 0 spiro atoms. The molecule has 1 heterocycles. The number of carboxylic acids is 1. The summed E-state index contributed by atoms with van der Waals surface area (Å²) in [6.07, 6.45) is 2.88. The van der Waals surface area contributed by atoms with Crippen LogP contribution >= 0.6 is 15.9 Å². The summed E-state index contributed by atoms with van der Waals surface area (Å²) in [5, 5.41) is 16.7. The van der Waals surface area contributed by atoms with Gasteiger partial charge in [-0.3, -0.25) is 14.8 Å². The van der Waals surface area contributed by atoms with Gasteiger partial charge in [0.2, 0.25) is 0 Å². The maximum absolute atomic E-state index is 11.1. The van der Waals surface area contributed by atoms with E-state index in [4.69, 9.17) is 5.11 Å². The lowest BCUT2D eigenvalue weighted by Crippen LogP contribution is -2.38. The van der Waals surface area contributed by atoms with E-state index >= 15 is 0 Å². The Kier molecular flexibility index (Phi) is 4.07. The summed E-state index contributed by atoms with van der Waals surface area (Å²) in [5.41, 5.74) is 2.01. The molecule has 1 atom stereocenters. The standard InChI is InChI=1S/C12H18BrN3O2/c1-3-8-10(13)9(16(2)15-8)6-14-11(12(17)18)7-4-5-7/h7,11,14H,3-6H2,1-2H3,(H,17,18). The fourth-order valence-corrected chi connectivity index (χ4v) is 2.86. The molecule has 0 bridgehead atoms. The van der Waals surface area contributed by atoms with Gasteiger partial charge in [-0.15, -0.1) is 0 Å². The van der Waals surface area contributed by atoms with Crippen LogP contribution in [0.3, 0.4) is 0 Å². The fourth-order valence-electron chi connectivity index (χ4n) is 2.10. The molecule has 18 heavy (non-hydrogen) atoms. The number of halogens is 1. The van der Waals surface area contributed by atoms with Crippen molar-refractivity contribution in [2.45, 2.75) is 38.8 Å². The molecule has 1 aromatic heterocycles. The molecule has 0 radical (unpaired) electrons. The van der Waals surface area contributed by atoms with E-state index in [1.807, 2.05) is 11.7 Å². The Morgan fingerprint density at radius 3 is 2.78 bits per heavy atom. The third kappa shape index (κ3) is 2.75. The molecule has 1 unspecified atom stereocenters. The van der Waals surface area contributed by atoms with Crippen molar-refractivity contribution in [1.82, 2.24) is 15.1 Å². The molecule has 5 nitrogen and oxygen atoms in total. The van der Waals surface area contributed by atoms with Crippen molar-refractivity contribution < 1.29 is 9.90 Å². The van der Waals surface area contributed by atoms with Crippen LogP contribution in [0, 0.1) is 5.92 Å². The highest BCUT2D eigenvalue weighted by Crippen LogP contribution is 2.33. The van der Waals surface area contributed by atoms with Gasteiger partial charge in [-0.25, -0.2) is 0 Å². The second kappa shape index (κ2) is 5.40. The minimum absolute atomic E-state index is 0.292. The second-order valence-corrected chi connectivity index (χ2v) is 5.51. The molecule has 6 heteroatoms. The zero-order valence-electron chi connectivity index (χ0n) is 10.6. The maximum Gasteiger partial charge on any atom is 0.320 e. The number of nitrogens with zero attached hydrogens (tertiary/aromatic N) is 2. The third-order valence-corrected chi connectivity index (χ3v) is 4.27. The van der Waals surface area contributed by atoms with Gasteiger partial charge in [0.05, 0.1) is 15.9 Å². The van der Waals surface area contributed by atoms with Crippen molar-refractivity contribution in [3.63, 3.8) is 0 Å². The zero-order chi connectivity index (χ0) is 13.3. The van der Waals surface area contributed by atoms with Crippen molar-refractivity contribution in [3.05, 3.63) is 15.9 Å². The number of carbonyl (C=O) groups is 1. The predicted octanol–water partition coefficient (Wildman–Crippen LogP) is 1.70. The molecule has 0 aromatic carbocycles. The van der Waals surface area contributed by atoms with E-state index in [2.05, 4.69) is 33.3 Å². The molecule has 2 rings (SSSR count). The first-order valence-corrected chi connectivity index (χ1v) is 7.00. The Hall–Kier alpha value is -0.880. The minimum Gasteiger partial charge on any atom is -0.480 e. The Morgan fingerprint density at radius 1 is 1.67 bits per heavy atom. The number of nitrogens with one attached hydrogen (secondary N) is 1. The normalized spacial score (nSPS) is 16.8. The molecule has 2 N–H and O–H groups in total. The monoisotopic (exact) mass is 315 g/mol. The largest absolute Gasteiger partial charge is 0.480 e. The van der Waals surface area contributed by atoms with Gasteiger partial charge >= 0.3 is 5.97 Å². The summed E-state index contributed by atoms with van der Waals surface area (Å²) in [7, 11) is 1.88. The highest BCUT2D eigenvalue weighted by Gasteiger charge is 2.36. The van der Waals surface area contributed by atoms with Crippen LogP contribution in [0.15, 0.2) is 4.47 Å². The number of hydrogen-bond acceptors (Lipinski definition) is 3. The number of aliphatic carboxylic acids is 1. The highest BCUT2D eigenvalue weighted by molar-refractivity contribution is 9.10. The summed E-state index contributed by atoms with van der Waals surface area (Å²) in [4.78, 5) is 11.1. The molecule has 0 amide bonds. The van der Waals surface area contributed by atoms with Crippen LogP contribution in [0.5, 0.6) is 0 Å². The van der Waals surface area contributed by atoms with Crippen molar-refractivity contribution >= 4 is 21.9 Å². The second-order valence-electron chi connectivity index (χ2n) is 4.72. The molecule has 1 fully saturated rings. The van der Waals surface area contributed by atoms with Gasteiger partial charge in [-0.2, -0.15) is 5.10 Å². The number of carboxylic acid groups (broad SMARTS) is 1. The predicted molar refractivity (Wildman–Crippen MR) is 71.3 cm³/mol. The number of hydrogen-bond donors (Lipinski definition) is 2. The molecule has 1 aromatic rings. The highest BCUT2D eigenvalue weighted by atomic mass is 79.9. The number of aromatic nitrogens is 2. The quantitative estimate of drug-likeness (QED) is 0.838. The topological polar surface area (TPSA) is 67.2 Å². The summed E-state index contributed by atoms with van der Waals surface area (Å²) >= 11 is 3.53. The van der Waals surface area contributed by atoms with E-state index in [-0.39, 0.29) is 0 Å². The van der Waals surface area contributed by atoms with Gasteiger partial charge in [-0.05, 0) is 41.1 Å². The zero-order valence-corrected chi connectivity index (χ0v) is 12.2. The van der Waals surface area contributed by atoms with Gasteiger partial charge in [0.15, 0.2) is 0 Å². The SMILES string of the molecule is CCc1nn(C)c(CNC(C(=O)O)C2CC2)c1Br. The minimum atomic E-state index is -0.758. The van der Waals surface area contributed by atoms with E-state index in [0.29, 0.717) is 12.5 Å². The first kappa shape index (κ1) is 13.5. The first-order chi connectivity index (χ1) is 8.54. The van der Waals surface area contributed by atoms with Crippen molar-refractivity contribution in [2.24, 2.45) is 13.0 Å². The van der Waals surface area contributed by atoms with Crippen molar-refractivity contribution in [2.75, 3.05) is 0 Å². The van der Waals surface area contributed by atoms with Crippen LogP contribution < -0.4 is 5.32 Å². The van der Waals surface area contributed by atoms with Crippen molar-refractivity contribution in [3.8, 4) is 0 Å². The average Bonchev–Trinajstić information content (AvgIpc) is 3.10. The molecule has 1 saturated carbocycles. The first-order valence-electron chi connectivity index (χ1n) is 6.21. The molecule has 0 saturated heterocycles. The molecule has 0 aliphatic heterocycles. The van der Waals surface area contributed by atoms with E-state index in [1.165, 1.54) is 0 Å². The van der Waals surface area contributed by atoms with Gasteiger partial charge in [-0.1, -0.05) is 6.92 Å².